The molecule has 2 amide bonds. The van der Waals surface area contributed by atoms with E-state index in [0.717, 1.165) is 36.9 Å². The van der Waals surface area contributed by atoms with E-state index in [4.69, 9.17) is 0 Å². The number of aryl methyl sites for hydroxylation is 1. The molecule has 2 heterocycles. The second-order valence-electron chi connectivity index (χ2n) is 7.65. The fourth-order valence-electron chi connectivity index (χ4n) is 3.93. The molecular weight excluding hydrogens is 398 g/mol. The lowest BCUT2D eigenvalue weighted by Gasteiger charge is -2.30. The number of nitrogens with zero attached hydrogens (tertiary/aromatic N) is 3. The highest BCUT2D eigenvalue weighted by Gasteiger charge is 2.43. The first-order valence-electron chi connectivity index (χ1n) is 9.58. The lowest BCUT2D eigenvalue weighted by atomic mass is 10.0. The van der Waals surface area contributed by atoms with Crippen LogP contribution in [0, 0.1) is 0 Å². The van der Waals surface area contributed by atoms with Crippen molar-refractivity contribution in [1.82, 2.24) is 9.21 Å². The zero-order chi connectivity index (χ0) is 20.1. The molecule has 2 fully saturated rings. The van der Waals surface area contributed by atoms with Crippen LogP contribution in [0.4, 0.5) is 5.69 Å². The highest BCUT2D eigenvalue weighted by Crippen LogP contribution is 2.35. The van der Waals surface area contributed by atoms with Gasteiger partial charge < -0.3 is 9.80 Å². The maximum atomic E-state index is 13.3. The fourth-order valence-corrected chi connectivity index (χ4v) is 7.12. The van der Waals surface area contributed by atoms with Crippen molar-refractivity contribution in [2.45, 2.75) is 49.6 Å². The minimum absolute atomic E-state index is 0.0405. The first-order chi connectivity index (χ1) is 13.3. The molecule has 1 aromatic rings. The maximum absolute atomic E-state index is 13.3. The molecule has 0 aromatic heterocycles. The smallest absolute Gasteiger partial charge is 0.244 e. The predicted molar refractivity (Wildman–Crippen MR) is 109 cm³/mol. The summed E-state index contributed by atoms with van der Waals surface area (Å²) in [5, 5.41) is 0. The minimum atomic E-state index is -3.78. The van der Waals surface area contributed by atoms with Crippen LogP contribution in [0.15, 0.2) is 23.1 Å². The Morgan fingerprint density at radius 2 is 2.00 bits per heavy atom. The average Bonchev–Trinajstić information content (AvgIpc) is 3.41. The van der Waals surface area contributed by atoms with Crippen LogP contribution >= 0.6 is 11.8 Å². The summed E-state index contributed by atoms with van der Waals surface area (Å²) in [5.41, 5.74) is 1.65. The van der Waals surface area contributed by atoms with E-state index in [1.165, 1.54) is 23.0 Å². The van der Waals surface area contributed by atoms with Gasteiger partial charge in [-0.25, -0.2) is 8.42 Å². The Bertz CT molecular complexity index is 914. The number of fused-ring (bicyclic) bond motifs is 1. The van der Waals surface area contributed by atoms with Gasteiger partial charge in [0.05, 0.1) is 10.8 Å². The summed E-state index contributed by atoms with van der Waals surface area (Å²) in [7, 11) is -2.01. The molecule has 0 bridgehead atoms. The molecule has 1 atom stereocenters. The van der Waals surface area contributed by atoms with Crippen LogP contribution in [0.3, 0.4) is 0 Å². The van der Waals surface area contributed by atoms with Crippen LogP contribution in [0.25, 0.3) is 0 Å². The topological polar surface area (TPSA) is 78.0 Å². The number of amides is 2. The number of hydrogen-bond acceptors (Lipinski definition) is 5. The first-order valence-corrected chi connectivity index (χ1v) is 12.2. The zero-order valence-corrected chi connectivity index (χ0v) is 17.8. The van der Waals surface area contributed by atoms with Crippen LogP contribution in [-0.4, -0.2) is 66.7 Å². The molecule has 1 saturated carbocycles. The molecule has 0 spiro atoms. The second kappa shape index (κ2) is 7.35. The number of likely N-dealkylation sites (N-methyl/N-ethyl adjacent to an activating group) is 1. The number of carbonyl (C=O) groups is 2. The number of hydrogen-bond donors (Lipinski definition) is 0. The quantitative estimate of drug-likeness (QED) is 0.736. The lowest BCUT2D eigenvalue weighted by Crippen LogP contribution is -2.48. The van der Waals surface area contributed by atoms with E-state index in [2.05, 4.69) is 0 Å². The van der Waals surface area contributed by atoms with Crippen LogP contribution in [0.2, 0.25) is 0 Å². The molecule has 0 radical (unpaired) electrons. The summed E-state index contributed by atoms with van der Waals surface area (Å²) in [6.07, 6.45) is 3.53. The van der Waals surface area contributed by atoms with Gasteiger partial charge in [0.25, 0.3) is 0 Å². The van der Waals surface area contributed by atoms with Gasteiger partial charge in [0.15, 0.2) is 0 Å². The Morgan fingerprint density at radius 1 is 1.25 bits per heavy atom. The molecule has 7 nitrogen and oxygen atoms in total. The monoisotopic (exact) mass is 423 g/mol. The van der Waals surface area contributed by atoms with Crippen molar-refractivity contribution < 1.29 is 18.0 Å². The van der Waals surface area contributed by atoms with E-state index in [1.54, 1.807) is 35.0 Å². The van der Waals surface area contributed by atoms with Crippen molar-refractivity contribution in [3.05, 3.63) is 23.8 Å². The van der Waals surface area contributed by atoms with Crippen molar-refractivity contribution in [1.29, 1.82) is 0 Å². The molecule has 9 heteroatoms. The molecule has 0 N–H and O–H groups in total. The summed E-state index contributed by atoms with van der Waals surface area (Å²) in [6.45, 7) is 2.18. The number of benzene rings is 1. The molecule has 28 heavy (non-hydrogen) atoms. The Hall–Kier alpha value is -1.58. The van der Waals surface area contributed by atoms with E-state index in [1.807, 2.05) is 0 Å². The summed E-state index contributed by atoms with van der Waals surface area (Å²) >= 11 is 1.47. The van der Waals surface area contributed by atoms with Crippen LogP contribution in [-0.2, 0) is 26.0 Å². The minimum Gasteiger partial charge on any atom is -0.341 e. The van der Waals surface area contributed by atoms with E-state index in [-0.39, 0.29) is 28.6 Å². The first kappa shape index (κ1) is 19.7. The molecule has 3 aliphatic rings. The molecule has 2 aliphatic heterocycles. The van der Waals surface area contributed by atoms with Crippen LogP contribution in [0.5, 0.6) is 0 Å². The zero-order valence-electron chi connectivity index (χ0n) is 16.1. The average molecular weight is 424 g/mol. The Kier molecular flexibility index (Phi) is 5.18. The summed E-state index contributed by atoms with van der Waals surface area (Å²) < 4.78 is 28.0. The number of anilines is 1. The highest BCUT2D eigenvalue weighted by molar-refractivity contribution is 8.00. The fraction of sp³-hybridized carbons (Fsp3) is 0.579. The third kappa shape index (κ3) is 3.44. The molecule has 152 valence electrons. The van der Waals surface area contributed by atoms with Gasteiger partial charge in [0, 0.05) is 38.0 Å². The van der Waals surface area contributed by atoms with E-state index in [0.29, 0.717) is 12.3 Å². The van der Waals surface area contributed by atoms with E-state index in [9.17, 15) is 18.0 Å². The van der Waals surface area contributed by atoms with E-state index < -0.39 is 16.1 Å². The van der Waals surface area contributed by atoms with Gasteiger partial charge in [-0.2, -0.15) is 4.31 Å². The molecule has 1 aliphatic carbocycles. The van der Waals surface area contributed by atoms with Gasteiger partial charge in [-0.05, 0) is 49.4 Å². The standard InChI is InChI=1S/C19H25N3O4S2/c1-13(23)21-9-3-4-14-10-16(7-8-17(14)21)28(25,26)22-12-27-11-18(22)19(24)20(2)15-5-6-15/h7-8,10,15,18H,3-6,9,11-12H2,1-2H3. The van der Waals surface area contributed by atoms with Crippen molar-refractivity contribution in [3.8, 4) is 0 Å². The van der Waals surface area contributed by atoms with Crippen LogP contribution < -0.4 is 4.90 Å². The maximum Gasteiger partial charge on any atom is 0.244 e. The van der Waals surface area contributed by atoms with Crippen LogP contribution in [0.1, 0.15) is 31.7 Å². The van der Waals surface area contributed by atoms with E-state index >= 15 is 0 Å². The predicted octanol–water partition coefficient (Wildman–Crippen LogP) is 1.67. The number of carbonyl (C=O) groups excluding carboxylic acids is 2. The van der Waals surface area contributed by atoms with Gasteiger partial charge in [-0.15, -0.1) is 11.8 Å². The highest BCUT2D eigenvalue weighted by atomic mass is 32.2. The summed E-state index contributed by atoms with van der Waals surface area (Å²) in [5.74, 6) is 0.615. The molecule has 1 saturated heterocycles. The van der Waals surface area contributed by atoms with Crippen molar-refractivity contribution >= 4 is 39.3 Å². The second-order valence-corrected chi connectivity index (χ2v) is 10.5. The number of thioether (sulfide) groups is 1. The molecule has 1 aromatic carbocycles. The van der Waals surface area contributed by atoms with Gasteiger partial charge in [0.2, 0.25) is 21.8 Å². The molecule has 4 rings (SSSR count). The summed E-state index contributed by atoms with van der Waals surface area (Å²) in [4.78, 5) is 28.3. The third-order valence-corrected chi connectivity index (χ3v) is 8.75. The number of rotatable bonds is 4. The molecule has 1 unspecified atom stereocenters. The third-order valence-electron chi connectivity index (χ3n) is 5.73. The largest absolute Gasteiger partial charge is 0.341 e. The Labute approximate surface area is 170 Å². The SMILES string of the molecule is CC(=O)N1CCCc2cc(S(=O)(=O)N3CSCC3C(=O)N(C)C3CC3)ccc21. The van der Waals surface area contributed by atoms with Gasteiger partial charge in [-0.3, -0.25) is 9.59 Å². The van der Waals surface area contributed by atoms with Gasteiger partial charge >= 0.3 is 0 Å². The number of sulfonamides is 1. The Morgan fingerprint density at radius 3 is 2.68 bits per heavy atom. The van der Waals surface area contributed by atoms with Gasteiger partial charge in [0.1, 0.15) is 6.04 Å². The van der Waals surface area contributed by atoms with Crippen molar-refractivity contribution in [3.63, 3.8) is 0 Å². The molecular formula is C19H25N3O4S2. The van der Waals surface area contributed by atoms with Gasteiger partial charge in [-0.1, -0.05) is 0 Å². The van der Waals surface area contributed by atoms with Crippen molar-refractivity contribution in [2.75, 3.05) is 30.1 Å². The van der Waals surface area contributed by atoms with Crippen molar-refractivity contribution in [2.24, 2.45) is 0 Å². The lowest BCUT2D eigenvalue weighted by molar-refractivity contribution is -0.133. The normalized spacial score (nSPS) is 22.8. The Balaban J connectivity index is 1.62. The summed E-state index contributed by atoms with van der Waals surface area (Å²) in [6, 6.07) is 4.56.